The number of pyridine rings is 2. The van der Waals surface area contributed by atoms with E-state index in [0.717, 1.165) is 73.6 Å². The number of fused-ring (bicyclic) bond motifs is 3. The fraction of sp³-hybridized carbons (Fsp3) is 0.432. The number of hydrogen-bond donors (Lipinski definition) is 3. The number of piperidine rings is 2. The quantitative estimate of drug-likeness (QED) is 0.177. The van der Waals surface area contributed by atoms with Crippen LogP contribution in [0.4, 0.5) is 26.4 Å². The van der Waals surface area contributed by atoms with Crippen LogP contribution in [0.2, 0.25) is 0 Å². The standard InChI is InChI=1S/C44H47FN8O7/c1-24-33(23-48-40-38(24)46-11-15-59-40)31-16-25-18-36(47-22-26(25)17-34(31)45)49-43(58)60-29-20-44(2,21-29)10-14-51(3)27-8-12-52(13-9-27)28-4-5-30-32(19-28)42(57)53(41(30)56)35-6-7-37(54)50-39(35)55/h4-5,16-19,22-23,27,29,35,46H,6-15,20-21H2,1-3H3,(H,47,49,58)(H,50,54,55). The highest BCUT2D eigenvalue weighted by Crippen LogP contribution is 2.46. The largest absolute Gasteiger partial charge is 0.474 e. The number of carbonyl (C=O) groups excluding carboxylic acids is 5. The number of hydrogen-bond acceptors (Lipinski definition) is 12. The molecule has 4 aromatic rings. The Morgan fingerprint density at radius 3 is 2.55 bits per heavy atom. The molecule has 1 saturated carbocycles. The van der Waals surface area contributed by atoms with E-state index in [0.29, 0.717) is 52.8 Å². The van der Waals surface area contributed by atoms with E-state index in [1.165, 1.54) is 12.3 Å². The predicted octanol–water partition coefficient (Wildman–Crippen LogP) is 5.66. The first-order chi connectivity index (χ1) is 28.8. The summed E-state index contributed by atoms with van der Waals surface area (Å²) < 4.78 is 26.7. The zero-order valence-electron chi connectivity index (χ0n) is 33.8. The van der Waals surface area contributed by atoms with Crippen molar-refractivity contribution in [3.63, 3.8) is 0 Å². The SMILES string of the molecule is Cc1c(-c2cc3cc(NC(=O)OC4CC(C)(CCN(C)C5CCN(c6ccc7c(c6)C(=O)N(C6CCC(=O)NC6=O)C7=O)CC5)C4)ncc3cc2F)cnc2c1NCCO2. The van der Waals surface area contributed by atoms with Gasteiger partial charge in [0.25, 0.3) is 11.8 Å². The fourth-order valence-corrected chi connectivity index (χ4v) is 9.39. The second kappa shape index (κ2) is 15.5. The highest BCUT2D eigenvalue weighted by atomic mass is 19.1. The van der Waals surface area contributed by atoms with Gasteiger partial charge < -0.3 is 24.6 Å². The molecule has 0 spiro atoms. The first-order valence-corrected chi connectivity index (χ1v) is 20.6. The van der Waals surface area contributed by atoms with Crippen molar-refractivity contribution in [2.75, 3.05) is 55.4 Å². The van der Waals surface area contributed by atoms with Crippen LogP contribution in [-0.2, 0) is 14.3 Å². The molecule has 2 aromatic heterocycles. The summed E-state index contributed by atoms with van der Waals surface area (Å²) in [6.07, 6.45) is 6.92. The highest BCUT2D eigenvalue weighted by Gasteiger charge is 2.45. The third kappa shape index (κ3) is 7.37. The molecule has 0 radical (unpaired) electrons. The molecule has 5 amide bonds. The van der Waals surface area contributed by atoms with Gasteiger partial charge in [0.05, 0.1) is 11.1 Å². The molecule has 6 heterocycles. The normalized spacial score (nSPS) is 22.8. The van der Waals surface area contributed by atoms with Crippen molar-refractivity contribution in [2.45, 2.75) is 77.0 Å². The monoisotopic (exact) mass is 818 g/mol. The maximum atomic E-state index is 15.3. The van der Waals surface area contributed by atoms with Crippen LogP contribution in [0.1, 0.15) is 78.1 Å². The Labute approximate surface area is 346 Å². The number of ether oxygens (including phenoxy) is 2. The molecule has 15 nitrogen and oxygen atoms in total. The molecule has 1 unspecified atom stereocenters. The lowest BCUT2D eigenvalue weighted by atomic mass is 9.66. The number of benzene rings is 2. The van der Waals surface area contributed by atoms with E-state index in [1.807, 2.05) is 13.0 Å². The van der Waals surface area contributed by atoms with Gasteiger partial charge in [-0.2, -0.15) is 0 Å². The molecule has 3 N–H and O–H groups in total. The summed E-state index contributed by atoms with van der Waals surface area (Å²) >= 11 is 0. The van der Waals surface area contributed by atoms with E-state index < -0.39 is 41.6 Å². The van der Waals surface area contributed by atoms with Crippen molar-refractivity contribution in [3.8, 4) is 17.0 Å². The molecular formula is C44H47FN8O7. The second-order valence-electron chi connectivity index (χ2n) is 17.0. The number of aromatic nitrogens is 2. The van der Waals surface area contributed by atoms with Crippen LogP contribution in [0.3, 0.4) is 0 Å². The van der Waals surface area contributed by atoms with E-state index in [-0.39, 0.29) is 35.5 Å². The lowest BCUT2D eigenvalue weighted by Crippen LogP contribution is -2.54. The molecule has 0 bridgehead atoms. The summed E-state index contributed by atoms with van der Waals surface area (Å²) in [6.45, 7) is 7.78. The number of imide groups is 2. The Morgan fingerprint density at radius 2 is 1.77 bits per heavy atom. The minimum Gasteiger partial charge on any atom is -0.474 e. The van der Waals surface area contributed by atoms with Crippen LogP contribution in [-0.4, -0.2) is 108 Å². The van der Waals surface area contributed by atoms with Gasteiger partial charge in [-0.25, -0.2) is 19.2 Å². The third-order valence-corrected chi connectivity index (χ3v) is 12.9. The van der Waals surface area contributed by atoms with Crippen molar-refractivity contribution < 1.29 is 37.8 Å². The maximum Gasteiger partial charge on any atom is 0.413 e. The average molecular weight is 819 g/mol. The molecule has 9 rings (SSSR count). The lowest BCUT2D eigenvalue weighted by molar-refractivity contribution is -0.136. The van der Waals surface area contributed by atoms with Crippen molar-refractivity contribution >= 4 is 57.7 Å². The molecule has 2 saturated heterocycles. The summed E-state index contributed by atoms with van der Waals surface area (Å²) in [5, 5.41) is 9.59. The zero-order valence-corrected chi connectivity index (χ0v) is 33.8. The van der Waals surface area contributed by atoms with Gasteiger partial charge in [0, 0.05) is 66.7 Å². The van der Waals surface area contributed by atoms with Gasteiger partial charge in [-0.05, 0) is 112 Å². The van der Waals surface area contributed by atoms with Gasteiger partial charge in [0.2, 0.25) is 17.7 Å². The van der Waals surface area contributed by atoms with E-state index in [4.69, 9.17) is 9.47 Å². The smallest absolute Gasteiger partial charge is 0.413 e. The van der Waals surface area contributed by atoms with Gasteiger partial charge in [-0.3, -0.25) is 34.7 Å². The van der Waals surface area contributed by atoms with Crippen LogP contribution in [0, 0.1) is 18.2 Å². The van der Waals surface area contributed by atoms with Crippen LogP contribution < -0.4 is 25.6 Å². The van der Waals surface area contributed by atoms with Crippen LogP contribution >= 0.6 is 0 Å². The third-order valence-electron chi connectivity index (χ3n) is 12.9. The van der Waals surface area contributed by atoms with Gasteiger partial charge in [-0.15, -0.1) is 0 Å². The Kier molecular flexibility index (Phi) is 10.1. The van der Waals surface area contributed by atoms with E-state index >= 15 is 4.39 Å². The number of rotatable bonds is 9. The zero-order chi connectivity index (χ0) is 41.9. The van der Waals surface area contributed by atoms with E-state index in [1.54, 1.807) is 30.5 Å². The van der Waals surface area contributed by atoms with Crippen LogP contribution in [0.15, 0.2) is 48.8 Å². The number of nitrogens with one attached hydrogen (secondary N) is 3. The Hall–Kier alpha value is -6.16. The summed E-state index contributed by atoms with van der Waals surface area (Å²) in [7, 11) is 2.15. The molecular weight excluding hydrogens is 772 g/mol. The van der Waals surface area contributed by atoms with Gasteiger partial charge in [-0.1, -0.05) is 6.92 Å². The Balaban J connectivity index is 0.738. The number of anilines is 3. The summed E-state index contributed by atoms with van der Waals surface area (Å²) in [5.41, 5.74) is 4.11. The van der Waals surface area contributed by atoms with E-state index in [2.05, 4.69) is 49.7 Å². The molecule has 1 atom stereocenters. The summed E-state index contributed by atoms with van der Waals surface area (Å²) in [4.78, 5) is 77.8. The predicted molar refractivity (Wildman–Crippen MR) is 220 cm³/mol. The minimum atomic E-state index is -0.988. The van der Waals surface area contributed by atoms with Gasteiger partial charge in [0.15, 0.2) is 0 Å². The highest BCUT2D eigenvalue weighted by molar-refractivity contribution is 6.23. The first kappa shape index (κ1) is 39.3. The fourth-order valence-electron chi connectivity index (χ4n) is 9.39. The maximum absolute atomic E-state index is 15.3. The van der Waals surface area contributed by atoms with Crippen LogP contribution in [0.25, 0.3) is 21.9 Å². The minimum absolute atomic E-state index is 0.0446. The number of amides is 5. The summed E-state index contributed by atoms with van der Waals surface area (Å²) in [5.74, 6) is -1.61. The number of halogens is 1. The number of nitrogens with zero attached hydrogens (tertiary/aromatic N) is 5. The first-order valence-electron chi connectivity index (χ1n) is 20.6. The van der Waals surface area contributed by atoms with Gasteiger partial charge in [0.1, 0.15) is 36.1 Å². The average Bonchev–Trinajstić information content (AvgIpc) is 3.47. The van der Waals surface area contributed by atoms with Crippen molar-refractivity contribution in [2.24, 2.45) is 5.41 Å². The molecule has 312 valence electrons. The van der Waals surface area contributed by atoms with E-state index in [9.17, 15) is 24.0 Å². The molecule has 5 aliphatic rings. The number of carbonyl (C=O) groups is 5. The topological polar surface area (TPSA) is 175 Å². The molecule has 16 heteroatoms. The van der Waals surface area contributed by atoms with Crippen molar-refractivity contribution in [1.29, 1.82) is 0 Å². The van der Waals surface area contributed by atoms with Crippen LogP contribution in [0.5, 0.6) is 5.88 Å². The summed E-state index contributed by atoms with van der Waals surface area (Å²) in [6, 6.07) is 9.56. The molecule has 60 heavy (non-hydrogen) atoms. The second-order valence-corrected chi connectivity index (χ2v) is 17.0. The lowest BCUT2D eigenvalue weighted by Gasteiger charge is -2.46. The Morgan fingerprint density at radius 1 is 0.983 bits per heavy atom. The van der Waals surface area contributed by atoms with Crippen molar-refractivity contribution in [1.82, 2.24) is 25.1 Å². The molecule has 1 aliphatic carbocycles. The van der Waals surface area contributed by atoms with Gasteiger partial charge >= 0.3 is 6.09 Å². The molecule has 3 fully saturated rings. The molecule has 4 aliphatic heterocycles. The molecule has 2 aromatic carbocycles. The Bertz CT molecular complexity index is 2450. The van der Waals surface area contributed by atoms with Crippen molar-refractivity contribution in [3.05, 3.63) is 71.3 Å².